The van der Waals surface area contributed by atoms with Gasteiger partial charge in [0.2, 0.25) is 10.0 Å². The minimum atomic E-state index is -3.72. The average molecular weight is 282 g/mol. The van der Waals surface area contributed by atoms with Crippen LogP contribution < -0.4 is 4.72 Å². The largest absolute Gasteiger partial charge is 0.396 e. The van der Waals surface area contributed by atoms with E-state index in [2.05, 4.69) is 4.72 Å². The molecule has 0 radical (unpaired) electrons. The van der Waals surface area contributed by atoms with Crippen molar-refractivity contribution in [3.8, 4) is 0 Å². The highest BCUT2D eigenvalue weighted by molar-refractivity contribution is 7.89. The highest BCUT2D eigenvalue weighted by Crippen LogP contribution is 2.19. The summed E-state index contributed by atoms with van der Waals surface area (Å²) in [6.07, 6.45) is 0. The van der Waals surface area contributed by atoms with Crippen molar-refractivity contribution < 1.29 is 17.9 Å². The molecule has 0 aromatic heterocycles. The third kappa shape index (κ3) is 3.92. The van der Waals surface area contributed by atoms with Crippen LogP contribution in [0.3, 0.4) is 0 Å². The summed E-state index contributed by atoms with van der Waals surface area (Å²) in [5.41, 5.74) is 0. The number of halogens is 2. The van der Waals surface area contributed by atoms with Crippen molar-refractivity contribution in [3.63, 3.8) is 0 Å². The Labute approximate surface area is 104 Å². The summed E-state index contributed by atoms with van der Waals surface area (Å²) in [5, 5.41) is 8.53. The summed E-state index contributed by atoms with van der Waals surface area (Å²) >= 11 is 5.50. The highest BCUT2D eigenvalue weighted by Gasteiger charge is 2.16. The quantitative estimate of drug-likeness (QED) is 0.857. The van der Waals surface area contributed by atoms with Gasteiger partial charge in [-0.05, 0) is 24.1 Å². The van der Waals surface area contributed by atoms with E-state index in [9.17, 15) is 12.8 Å². The Morgan fingerprint density at radius 3 is 2.71 bits per heavy atom. The molecule has 2 N–H and O–H groups in total. The predicted molar refractivity (Wildman–Crippen MR) is 62.8 cm³/mol. The zero-order chi connectivity index (χ0) is 13.1. The summed E-state index contributed by atoms with van der Waals surface area (Å²) in [7, 11) is -3.72. The number of hydrogen-bond donors (Lipinski definition) is 2. The van der Waals surface area contributed by atoms with E-state index in [1.807, 2.05) is 0 Å². The fourth-order valence-electron chi connectivity index (χ4n) is 1.04. The fourth-order valence-corrected chi connectivity index (χ4v) is 2.48. The lowest BCUT2D eigenvalue weighted by Gasteiger charge is -2.10. The average Bonchev–Trinajstić information content (AvgIpc) is 2.29. The van der Waals surface area contributed by atoms with Gasteiger partial charge in [-0.15, -0.1) is 0 Å². The zero-order valence-corrected chi connectivity index (χ0v) is 10.7. The number of sulfonamides is 1. The molecule has 1 aromatic rings. The summed E-state index contributed by atoms with van der Waals surface area (Å²) < 4.78 is 38.7. The third-order valence-corrected chi connectivity index (χ3v) is 3.85. The minimum Gasteiger partial charge on any atom is -0.396 e. The van der Waals surface area contributed by atoms with Gasteiger partial charge in [0.15, 0.2) is 0 Å². The smallest absolute Gasteiger partial charge is 0.240 e. The molecule has 7 heteroatoms. The van der Waals surface area contributed by atoms with Gasteiger partial charge < -0.3 is 5.11 Å². The van der Waals surface area contributed by atoms with Gasteiger partial charge in [0.05, 0.1) is 9.92 Å². The van der Waals surface area contributed by atoms with Gasteiger partial charge in [0.1, 0.15) is 5.82 Å². The normalized spacial score (nSPS) is 13.6. The summed E-state index contributed by atoms with van der Waals surface area (Å²) in [6, 6.07) is 3.17. The molecule has 0 spiro atoms. The highest BCUT2D eigenvalue weighted by atomic mass is 35.5. The van der Waals surface area contributed by atoms with E-state index < -0.39 is 15.8 Å². The van der Waals surface area contributed by atoms with E-state index in [1.54, 1.807) is 6.92 Å². The number of aliphatic hydroxyl groups excluding tert-OH is 1. The van der Waals surface area contributed by atoms with Crippen LogP contribution in [-0.4, -0.2) is 26.7 Å². The van der Waals surface area contributed by atoms with Crippen LogP contribution in [0.25, 0.3) is 0 Å². The molecular weight excluding hydrogens is 269 g/mol. The van der Waals surface area contributed by atoms with Crippen LogP contribution in [0.5, 0.6) is 0 Å². The Kier molecular flexibility index (Phi) is 4.88. The standard InChI is InChI=1S/C10H13ClFNO3S/c1-7(6-14)5-13-17(15,16)8-2-3-10(12)9(11)4-8/h2-4,7,13-14H,5-6H2,1H3. The number of rotatable bonds is 5. The molecule has 0 saturated carbocycles. The van der Waals surface area contributed by atoms with Crippen molar-refractivity contribution in [3.05, 3.63) is 29.0 Å². The van der Waals surface area contributed by atoms with E-state index in [0.29, 0.717) is 0 Å². The van der Waals surface area contributed by atoms with Crippen molar-refractivity contribution >= 4 is 21.6 Å². The lowest BCUT2D eigenvalue weighted by molar-refractivity contribution is 0.238. The van der Waals surface area contributed by atoms with Gasteiger partial charge in [-0.1, -0.05) is 18.5 Å². The van der Waals surface area contributed by atoms with Crippen molar-refractivity contribution in [1.82, 2.24) is 4.72 Å². The molecule has 0 heterocycles. The first-order chi connectivity index (χ1) is 7.86. The van der Waals surface area contributed by atoms with Crippen LogP contribution >= 0.6 is 11.6 Å². The number of benzene rings is 1. The van der Waals surface area contributed by atoms with E-state index in [-0.39, 0.29) is 29.0 Å². The summed E-state index contributed by atoms with van der Waals surface area (Å²) in [5.74, 6) is -0.866. The molecule has 96 valence electrons. The van der Waals surface area contributed by atoms with Crippen LogP contribution in [-0.2, 0) is 10.0 Å². The molecule has 0 fully saturated rings. The van der Waals surface area contributed by atoms with Crippen LogP contribution in [0.15, 0.2) is 23.1 Å². The maximum Gasteiger partial charge on any atom is 0.240 e. The van der Waals surface area contributed by atoms with Gasteiger partial charge in [-0.3, -0.25) is 0 Å². The second-order valence-electron chi connectivity index (χ2n) is 3.72. The molecule has 1 rings (SSSR count). The van der Waals surface area contributed by atoms with E-state index in [0.717, 1.165) is 18.2 Å². The molecule has 0 aliphatic heterocycles. The van der Waals surface area contributed by atoms with Crippen LogP contribution in [0, 0.1) is 11.7 Å². The Balaban J connectivity index is 2.86. The van der Waals surface area contributed by atoms with Crippen LogP contribution in [0.1, 0.15) is 6.92 Å². The molecular formula is C10H13ClFNO3S. The van der Waals surface area contributed by atoms with Gasteiger partial charge in [0.25, 0.3) is 0 Å². The Morgan fingerprint density at radius 1 is 1.53 bits per heavy atom. The van der Waals surface area contributed by atoms with Crippen molar-refractivity contribution in [2.24, 2.45) is 5.92 Å². The molecule has 0 aliphatic rings. The lowest BCUT2D eigenvalue weighted by Crippen LogP contribution is -2.29. The lowest BCUT2D eigenvalue weighted by atomic mass is 10.2. The first-order valence-corrected chi connectivity index (χ1v) is 6.78. The zero-order valence-electron chi connectivity index (χ0n) is 9.15. The number of aliphatic hydroxyl groups is 1. The van der Waals surface area contributed by atoms with Gasteiger partial charge in [-0.2, -0.15) is 0 Å². The first-order valence-electron chi connectivity index (χ1n) is 4.92. The van der Waals surface area contributed by atoms with E-state index >= 15 is 0 Å². The SMILES string of the molecule is CC(CO)CNS(=O)(=O)c1ccc(F)c(Cl)c1. The Bertz CT molecular complexity index is 492. The molecule has 0 aliphatic carbocycles. The van der Waals surface area contributed by atoms with E-state index in [4.69, 9.17) is 16.7 Å². The Morgan fingerprint density at radius 2 is 2.18 bits per heavy atom. The fraction of sp³-hybridized carbons (Fsp3) is 0.400. The second kappa shape index (κ2) is 5.77. The molecule has 1 atom stereocenters. The molecule has 0 saturated heterocycles. The molecule has 1 aromatic carbocycles. The minimum absolute atomic E-state index is 0.103. The molecule has 4 nitrogen and oxygen atoms in total. The number of hydrogen-bond acceptors (Lipinski definition) is 3. The van der Waals surface area contributed by atoms with Crippen LogP contribution in [0.2, 0.25) is 5.02 Å². The maximum atomic E-state index is 12.9. The topological polar surface area (TPSA) is 66.4 Å². The molecule has 1 unspecified atom stereocenters. The van der Waals surface area contributed by atoms with Crippen molar-refractivity contribution in [2.45, 2.75) is 11.8 Å². The van der Waals surface area contributed by atoms with Crippen molar-refractivity contribution in [1.29, 1.82) is 0 Å². The monoisotopic (exact) mass is 281 g/mol. The Hall–Kier alpha value is -0.690. The second-order valence-corrected chi connectivity index (χ2v) is 5.89. The molecule has 17 heavy (non-hydrogen) atoms. The molecule has 0 bridgehead atoms. The van der Waals surface area contributed by atoms with Gasteiger partial charge in [0, 0.05) is 13.2 Å². The molecule has 0 amide bonds. The van der Waals surface area contributed by atoms with Crippen molar-refractivity contribution in [2.75, 3.05) is 13.2 Å². The number of nitrogens with one attached hydrogen (secondary N) is 1. The van der Waals surface area contributed by atoms with E-state index in [1.165, 1.54) is 0 Å². The maximum absolute atomic E-state index is 12.9. The predicted octanol–water partition coefficient (Wildman–Crippen LogP) is 1.39. The first kappa shape index (κ1) is 14.4. The summed E-state index contributed by atoms with van der Waals surface area (Å²) in [6.45, 7) is 1.68. The van der Waals surface area contributed by atoms with Gasteiger partial charge in [-0.25, -0.2) is 17.5 Å². The third-order valence-electron chi connectivity index (χ3n) is 2.13. The summed E-state index contributed by atoms with van der Waals surface area (Å²) in [4.78, 5) is -0.103. The van der Waals surface area contributed by atoms with Gasteiger partial charge >= 0.3 is 0 Å². The van der Waals surface area contributed by atoms with Crippen LogP contribution in [0.4, 0.5) is 4.39 Å².